The summed E-state index contributed by atoms with van der Waals surface area (Å²) in [4.78, 5) is 10.7. The molecular formula is C11H13ClO2. The standard InChI is InChI=1S/C11H13ClO2/c1-3-8-4-5-9(6-10(8)12)7(2)11(13)14/h4-7H,3H2,1-2H3,(H,13,14). The molecule has 0 aromatic heterocycles. The van der Waals surface area contributed by atoms with E-state index in [0.717, 1.165) is 17.5 Å². The molecule has 1 aromatic carbocycles. The van der Waals surface area contributed by atoms with E-state index in [9.17, 15) is 4.79 Å². The van der Waals surface area contributed by atoms with E-state index in [0.29, 0.717) is 5.02 Å². The minimum Gasteiger partial charge on any atom is -0.481 e. The van der Waals surface area contributed by atoms with Gasteiger partial charge in [0, 0.05) is 5.02 Å². The third-order valence-electron chi connectivity index (χ3n) is 2.33. The first-order valence-corrected chi connectivity index (χ1v) is 4.95. The predicted molar refractivity (Wildman–Crippen MR) is 56.9 cm³/mol. The number of carboxylic acids is 1. The highest BCUT2D eigenvalue weighted by Crippen LogP contribution is 2.23. The van der Waals surface area contributed by atoms with Gasteiger partial charge in [-0.1, -0.05) is 30.7 Å². The summed E-state index contributed by atoms with van der Waals surface area (Å²) in [5.41, 5.74) is 1.80. The third kappa shape index (κ3) is 2.26. The molecule has 1 atom stereocenters. The fourth-order valence-electron chi connectivity index (χ4n) is 1.26. The van der Waals surface area contributed by atoms with Gasteiger partial charge in [-0.3, -0.25) is 4.79 Å². The summed E-state index contributed by atoms with van der Waals surface area (Å²) in [6.07, 6.45) is 0.862. The summed E-state index contributed by atoms with van der Waals surface area (Å²) >= 11 is 5.99. The van der Waals surface area contributed by atoms with Crippen LogP contribution in [-0.4, -0.2) is 11.1 Å². The van der Waals surface area contributed by atoms with Crippen LogP contribution in [-0.2, 0) is 11.2 Å². The lowest BCUT2D eigenvalue weighted by molar-refractivity contribution is -0.138. The molecule has 1 unspecified atom stereocenters. The molecule has 76 valence electrons. The van der Waals surface area contributed by atoms with E-state index in [2.05, 4.69) is 0 Å². The number of rotatable bonds is 3. The average molecular weight is 213 g/mol. The van der Waals surface area contributed by atoms with Crippen LogP contribution in [0.2, 0.25) is 5.02 Å². The highest BCUT2D eigenvalue weighted by Gasteiger charge is 2.14. The van der Waals surface area contributed by atoms with Crippen molar-refractivity contribution in [2.75, 3.05) is 0 Å². The summed E-state index contributed by atoms with van der Waals surface area (Å²) < 4.78 is 0. The molecule has 1 N–H and O–H groups in total. The zero-order chi connectivity index (χ0) is 10.7. The lowest BCUT2D eigenvalue weighted by atomic mass is 9.99. The van der Waals surface area contributed by atoms with Gasteiger partial charge in [-0.05, 0) is 30.5 Å². The Morgan fingerprint density at radius 2 is 2.21 bits per heavy atom. The summed E-state index contributed by atoms with van der Waals surface area (Å²) in [5.74, 6) is -1.33. The van der Waals surface area contributed by atoms with Crippen LogP contribution in [0.3, 0.4) is 0 Å². The molecule has 0 bridgehead atoms. The summed E-state index contributed by atoms with van der Waals surface area (Å²) in [7, 11) is 0. The molecular weight excluding hydrogens is 200 g/mol. The van der Waals surface area contributed by atoms with Crippen LogP contribution in [0.4, 0.5) is 0 Å². The van der Waals surface area contributed by atoms with Crippen molar-refractivity contribution >= 4 is 17.6 Å². The molecule has 1 aromatic rings. The normalized spacial score (nSPS) is 12.5. The molecule has 0 saturated heterocycles. The Morgan fingerprint density at radius 3 is 2.64 bits per heavy atom. The van der Waals surface area contributed by atoms with E-state index >= 15 is 0 Å². The fraction of sp³-hybridized carbons (Fsp3) is 0.364. The third-order valence-corrected chi connectivity index (χ3v) is 2.68. The molecule has 0 aliphatic carbocycles. The topological polar surface area (TPSA) is 37.3 Å². The van der Waals surface area contributed by atoms with Gasteiger partial charge in [0.1, 0.15) is 0 Å². The fourth-order valence-corrected chi connectivity index (χ4v) is 1.58. The average Bonchev–Trinajstić information content (AvgIpc) is 2.16. The van der Waals surface area contributed by atoms with Gasteiger partial charge in [-0.2, -0.15) is 0 Å². The second-order valence-electron chi connectivity index (χ2n) is 3.26. The van der Waals surface area contributed by atoms with E-state index in [1.54, 1.807) is 13.0 Å². The number of hydrogen-bond acceptors (Lipinski definition) is 1. The van der Waals surface area contributed by atoms with E-state index < -0.39 is 11.9 Å². The van der Waals surface area contributed by atoms with Crippen LogP contribution in [0.1, 0.15) is 30.9 Å². The first-order valence-electron chi connectivity index (χ1n) is 4.57. The maximum absolute atomic E-state index is 10.7. The van der Waals surface area contributed by atoms with Gasteiger partial charge in [0.15, 0.2) is 0 Å². The smallest absolute Gasteiger partial charge is 0.310 e. The van der Waals surface area contributed by atoms with Crippen molar-refractivity contribution in [1.82, 2.24) is 0 Å². The Labute approximate surface area is 88.5 Å². The van der Waals surface area contributed by atoms with Crippen LogP contribution in [0.15, 0.2) is 18.2 Å². The predicted octanol–water partition coefficient (Wildman–Crippen LogP) is 3.09. The molecule has 0 aliphatic rings. The molecule has 2 nitrogen and oxygen atoms in total. The maximum atomic E-state index is 10.7. The maximum Gasteiger partial charge on any atom is 0.310 e. The summed E-state index contributed by atoms with van der Waals surface area (Å²) in [6, 6.07) is 5.44. The van der Waals surface area contributed by atoms with Gasteiger partial charge in [0.2, 0.25) is 0 Å². The molecule has 0 amide bonds. The van der Waals surface area contributed by atoms with Crippen LogP contribution < -0.4 is 0 Å². The zero-order valence-electron chi connectivity index (χ0n) is 8.25. The largest absolute Gasteiger partial charge is 0.481 e. The van der Waals surface area contributed by atoms with Crippen molar-refractivity contribution in [1.29, 1.82) is 0 Å². The van der Waals surface area contributed by atoms with Crippen LogP contribution in [0, 0.1) is 0 Å². The SMILES string of the molecule is CCc1ccc(C(C)C(=O)O)cc1Cl. The minimum absolute atomic E-state index is 0.501. The molecule has 0 heterocycles. The first-order chi connectivity index (χ1) is 6.56. The molecule has 1 rings (SSSR count). The number of aryl methyl sites for hydroxylation is 1. The Balaban J connectivity index is 3.02. The number of hydrogen-bond donors (Lipinski definition) is 1. The van der Waals surface area contributed by atoms with E-state index in [-0.39, 0.29) is 0 Å². The molecule has 14 heavy (non-hydrogen) atoms. The monoisotopic (exact) mass is 212 g/mol. The van der Waals surface area contributed by atoms with E-state index in [1.165, 1.54) is 0 Å². The summed E-state index contributed by atoms with van der Waals surface area (Å²) in [6.45, 7) is 3.67. The highest BCUT2D eigenvalue weighted by atomic mass is 35.5. The van der Waals surface area contributed by atoms with Crippen molar-refractivity contribution in [3.8, 4) is 0 Å². The number of carbonyl (C=O) groups is 1. The van der Waals surface area contributed by atoms with Crippen molar-refractivity contribution < 1.29 is 9.90 Å². The Bertz CT molecular complexity index is 347. The van der Waals surface area contributed by atoms with Crippen molar-refractivity contribution in [2.45, 2.75) is 26.2 Å². The minimum atomic E-state index is -0.828. The molecule has 0 spiro atoms. The van der Waals surface area contributed by atoms with Crippen molar-refractivity contribution in [3.63, 3.8) is 0 Å². The lowest BCUT2D eigenvalue weighted by Crippen LogP contribution is -2.07. The van der Waals surface area contributed by atoms with Crippen LogP contribution in [0.5, 0.6) is 0 Å². The van der Waals surface area contributed by atoms with E-state index in [4.69, 9.17) is 16.7 Å². The molecule has 0 saturated carbocycles. The molecule has 0 aliphatic heterocycles. The van der Waals surface area contributed by atoms with Crippen LogP contribution >= 0.6 is 11.6 Å². The van der Waals surface area contributed by atoms with Gasteiger partial charge >= 0.3 is 5.97 Å². The lowest BCUT2D eigenvalue weighted by Gasteiger charge is -2.08. The van der Waals surface area contributed by atoms with Crippen LogP contribution in [0.25, 0.3) is 0 Å². The van der Waals surface area contributed by atoms with Gasteiger partial charge < -0.3 is 5.11 Å². The first kappa shape index (κ1) is 11.1. The zero-order valence-corrected chi connectivity index (χ0v) is 9.01. The summed E-state index contributed by atoms with van der Waals surface area (Å²) in [5, 5.41) is 9.46. The number of aliphatic carboxylic acids is 1. The Morgan fingerprint density at radius 1 is 1.57 bits per heavy atom. The number of benzene rings is 1. The second-order valence-corrected chi connectivity index (χ2v) is 3.67. The van der Waals surface area contributed by atoms with Gasteiger partial charge in [-0.15, -0.1) is 0 Å². The van der Waals surface area contributed by atoms with Gasteiger partial charge in [0.05, 0.1) is 5.92 Å². The quantitative estimate of drug-likeness (QED) is 0.836. The Hall–Kier alpha value is -1.02. The van der Waals surface area contributed by atoms with E-state index in [1.807, 2.05) is 19.1 Å². The second kappa shape index (κ2) is 4.47. The molecule has 0 fully saturated rings. The number of halogens is 1. The molecule has 0 radical (unpaired) electrons. The molecule has 3 heteroatoms. The van der Waals surface area contributed by atoms with Gasteiger partial charge in [-0.25, -0.2) is 0 Å². The van der Waals surface area contributed by atoms with Crippen molar-refractivity contribution in [2.24, 2.45) is 0 Å². The highest BCUT2D eigenvalue weighted by molar-refractivity contribution is 6.31. The van der Waals surface area contributed by atoms with Crippen molar-refractivity contribution in [3.05, 3.63) is 34.3 Å². The van der Waals surface area contributed by atoms with Gasteiger partial charge in [0.25, 0.3) is 0 Å². The Kier molecular flexibility index (Phi) is 3.53. The number of carboxylic acid groups (broad SMARTS) is 1.